The molecule has 0 saturated carbocycles. The third-order valence-electron chi connectivity index (χ3n) is 7.44. The minimum atomic E-state index is -1.61. The summed E-state index contributed by atoms with van der Waals surface area (Å²) in [6, 6.07) is 12.2. The van der Waals surface area contributed by atoms with Gasteiger partial charge in [-0.15, -0.1) is 0 Å². The Labute approximate surface area is 237 Å². The Morgan fingerprint density at radius 2 is 1.81 bits per heavy atom. The van der Waals surface area contributed by atoms with Crippen molar-refractivity contribution in [3.63, 3.8) is 0 Å². The summed E-state index contributed by atoms with van der Waals surface area (Å²) in [5, 5.41) is 12.5. The first-order valence-corrected chi connectivity index (χ1v) is 13.1. The second-order valence-corrected chi connectivity index (χ2v) is 10.2. The zero-order valence-electron chi connectivity index (χ0n) is 22.5. The van der Waals surface area contributed by atoms with Crippen LogP contribution in [-0.2, 0) is 9.59 Å². The SMILES string of the molecule is Cc1cc2cc(c1F)[C@@H](CC(=O)O)NC(=O)[C@@H](n1ccc3occc3c1=O)c1cc(ccc1F)Oc1cccc(C)c1-2. The van der Waals surface area contributed by atoms with Crippen molar-refractivity contribution in [2.45, 2.75) is 32.4 Å². The van der Waals surface area contributed by atoms with Crippen LogP contribution < -0.4 is 15.6 Å². The second kappa shape index (κ2) is 10.3. The summed E-state index contributed by atoms with van der Waals surface area (Å²) >= 11 is 0. The number of aromatic nitrogens is 1. The fourth-order valence-electron chi connectivity index (χ4n) is 5.48. The molecule has 6 rings (SSSR count). The number of carboxylic acid groups (broad SMARTS) is 1. The second-order valence-electron chi connectivity index (χ2n) is 10.2. The molecule has 1 aliphatic heterocycles. The van der Waals surface area contributed by atoms with E-state index in [0.29, 0.717) is 16.9 Å². The fourth-order valence-corrected chi connectivity index (χ4v) is 5.48. The molecule has 0 aliphatic carbocycles. The average Bonchev–Trinajstić information content (AvgIpc) is 3.42. The number of hydrogen-bond donors (Lipinski definition) is 2. The maximum Gasteiger partial charge on any atom is 0.305 e. The lowest BCUT2D eigenvalue weighted by Gasteiger charge is -2.25. The van der Waals surface area contributed by atoms with E-state index >= 15 is 8.78 Å². The molecule has 0 unspecified atom stereocenters. The van der Waals surface area contributed by atoms with Crippen molar-refractivity contribution < 1.29 is 32.6 Å². The van der Waals surface area contributed by atoms with Crippen molar-refractivity contribution >= 4 is 22.8 Å². The highest BCUT2D eigenvalue weighted by atomic mass is 19.1. The molecular weight excluding hydrogens is 546 g/mol. The molecule has 0 saturated heterocycles. The number of carbonyl (C=O) groups excluding carboxylic acids is 1. The summed E-state index contributed by atoms with van der Waals surface area (Å²) in [4.78, 5) is 39.5. The number of rotatable bonds is 3. The fraction of sp³-hybridized carbons (Fsp3) is 0.156. The third-order valence-corrected chi connectivity index (χ3v) is 7.44. The van der Waals surface area contributed by atoms with Crippen molar-refractivity contribution in [2.75, 3.05) is 0 Å². The summed E-state index contributed by atoms with van der Waals surface area (Å²) in [5.74, 6) is -3.15. The number of benzene rings is 3. The van der Waals surface area contributed by atoms with Gasteiger partial charge in [-0.05, 0) is 79.1 Å². The van der Waals surface area contributed by atoms with Crippen LogP contribution in [0.25, 0.3) is 22.1 Å². The predicted octanol–water partition coefficient (Wildman–Crippen LogP) is 6.18. The standard InChI is InChI=1S/C32H24F2N2O6/c1-16-4-3-5-26-28(16)18-12-17(2)29(34)22(13-18)24(15-27(37)38)35-31(39)30(21-14-19(42-26)6-7-23(21)33)36-10-8-25-20(32(36)40)9-11-41-25/h3-14,24,30H,15H2,1-2H3,(H,35,39)(H,37,38)/t24-,30+/m1/s1. The van der Waals surface area contributed by atoms with Crippen LogP contribution in [0.4, 0.5) is 8.78 Å². The molecule has 0 fully saturated rings. The smallest absolute Gasteiger partial charge is 0.305 e. The molecule has 2 N–H and O–H groups in total. The normalized spacial score (nSPS) is 16.4. The molecule has 2 aromatic heterocycles. The number of ether oxygens (including phenoxy) is 1. The molecule has 10 heteroatoms. The van der Waals surface area contributed by atoms with Gasteiger partial charge in [0.1, 0.15) is 34.8 Å². The molecule has 3 heterocycles. The Balaban J connectivity index is 1.65. The van der Waals surface area contributed by atoms with Gasteiger partial charge in [0.2, 0.25) is 5.91 Å². The lowest BCUT2D eigenvalue weighted by molar-refractivity contribution is -0.137. The molecule has 3 aromatic carbocycles. The molecule has 212 valence electrons. The average molecular weight is 571 g/mol. The van der Waals surface area contributed by atoms with Gasteiger partial charge in [-0.1, -0.05) is 12.1 Å². The van der Waals surface area contributed by atoms with Crippen molar-refractivity contribution in [1.29, 1.82) is 0 Å². The minimum Gasteiger partial charge on any atom is -0.481 e. The van der Waals surface area contributed by atoms with Gasteiger partial charge < -0.3 is 19.6 Å². The summed E-state index contributed by atoms with van der Waals surface area (Å²) in [6.07, 6.45) is 1.93. The van der Waals surface area contributed by atoms with Crippen LogP contribution in [0.3, 0.4) is 0 Å². The molecule has 4 bridgehead atoms. The Hall–Kier alpha value is -5.25. The molecule has 8 nitrogen and oxygen atoms in total. The summed E-state index contributed by atoms with van der Waals surface area (Å²) in [7, 11) is 0. The predicted molar refractivity (Wildman–Crippen MR) is 150 cm³/mol. The zero-order chi connectivity index (χ0) is 29.7. The first kappa shape index (κ1) is 26.9. The number of fused-ring (bicyclic) bond motifs is 7. The van der Waals surface area contributed by atoms with Gasteiger partial charge in [0.15, 0.2) is 0 Å². The molecule has 2 atom stereocenters. The molecular formula is C32H24F2N2O6. The third kappa shape index (κ3) is 4.60. The number of halogens is 2. The van der Waals surface area contributed by atoms with Crippen LogP contribution in [0, 0.1) is 25.5 Å². The number of aryl methyl sites for hydroxylation is 2. The highest BCUT2D eigenvalue weighted by Gasteiger charge is 2.32. The molecule has 42 heavy (non-hydrogen) atoms. The quantitative estimate of drug-likeness (QED) is 0.268. The van der Waals surface area contributed by atoms with E-state index in [1.54, 1.807) is 25.1 Å². The van der Waals surface area contributed by atoms with E-state index in [0.717, 1.165) is 16.2 Å². The van der Waals surface area contributed by atoms with Gasteiger partial charge in [-0.2, -0.15) is 0 Å². The van der Waals surface area contributed by atoms with Crippen LogP contribution in [0.5, 0.6) is 11.5 Å². The van der Waals surface area contributed by atoms with Gasteiger partial charge >= 0.3 is 5.97 Å². The van der Waals surface area contributed by atoms with Crippen molar-refractivity contribution in [1.82, 2.24) is 9.88 Å². The van der Waals surface area contributed by atoms with Gasteiger partial charge in [-0.25, -0.2) is 8.78 Å². The van der Waals surface area contributed by atoms with E-state index in [9.17, 15) is 19.5 Å². The molecule has 0 radical (unpaired) electrons. The van der Waals surface area contributed by atoms with E-state index < -0.39 is 47.6 Å². The molecule has 5 aromatic rings. The Bertz CT molecular complexity index is 1960. The topological polar surface area (TPSA) is 111 Å². The van der Waals surface area contributed by atoms with Crippen LogP contribution >= 0.6 is 0 Å². The lowest BCUT2D eigenvalue weighted by atomic mass is 9.92. The highest BCUT2D eigenvalue weighted by molar-refractivity contribution is 5.86. The number of furan rings is 1. The van der Waals surface area contributed by atoms with E-state index in [-0.39, 0.29) is 33.4 Å². The van der Waals surface area contributed by atoms with Gasteiger partial charge in [0, 0.05) is 22.9 Å². The Morgan fingerprint density at radius 1 is 1.00 bits per heavy atom. The number of nitrogens with one attached hydrogen (secondary N) is 1. The zero-order valence-corrected chi connectivity index (χ0v) is 22.5. The van der Waals surface area contributed by atoms with E-state index in [1.165, 1.54) is 42.8 Å². The largest absolute Gasteiger partial charge is 0.481 e. The maximum absolute atomic E-state index is 15.7. The number of hydrogen-bond acceptors (Lipinski definition) is 5. The van der Waals surface area contributed by atoms with E-state index in [4.69, 9.17) is 9.15 Å². The number of pyridine rings is 1. The number of amides is 1. The van der Waals surface area contributed by atoms with Gasteiger partial charge in [-0.3, -0.25) is 19.0 Å². The first-order valence-electron chi connectivity index (χ1n) is 13.1. The number of aliphatic carboxylic acids is 1. The Morgan fingerprint density at radius 3 is 2.60 bits per heavy atom. The van der Waals surface area contributed by atoms with Gasteiger partial charge in [0.05, 0.1) is 24.1 Å². The summed E-state index contributed by atoms with van der Waals surface area (Å²) < 4.78 is 43.8. The number of carbonyl (C=O) groups is 2. The van der Waals surface area contributed by atoms with Gasteiger partial charge in [0.25, 0.3) is 5.56 Å². The van der Waals surface area contributed by atoms with Crippen molar-refractivity contribution in [3.8, 4) is 22.6 Å². The number of carboxylic acids is 1. The van der Waals surface area contributed by atoms with Crippen LogP contribution in [0.2, 0.25) is 0 Å². The molecule has 0 spiro atoms. The lowest BCUT2D eigenvalue weighted by Crippen LogP contribution is -2.40. The maximum atomic E-state index is 15.7. The van der Waals surface area contributed by atoms with E-state index in [2.05, 4.69) is 5.32 Å². The minimum absolute atomic E-state index is 0.0715. The monoisotopic (exact) mass is 570 g/mol. The molecule has 1 aliphatic rings. The van der Waals surface area contributed by atoms with Crippen LogP contribution in [-0.4, -0.2) is 21.6 Å². The number of nitrogens with zero attached hydrogens (tertiary/aromatic N) is 1. The Kier molecular flexibility index (Phi) is 6.61. The summed E-state index contributed by atoms with van der Waals surface area (Å²) in [5.41, 5.74) is 1.52. The van der Waals surface area contributed by atoms with Crippen LogP contribution in [0.1, 0.15) is 40.8 Å². The highest BCUT2D eigenvalue weighted by Crippen LogP contribution is 2.40. The summed E-state index contributed by atoms with van der Waals surface area (Å²) in [6.45, 7) is 3.39. The van der Waals surface area contributed by atoms with E-state index in [1.807, 2.05) is 13.0 Å². The van der Waals surface area contributed by atoms with Crippen molar-refractivity contribution in [2.24, 2.45) is 0 Å². The van der Waals surface area contributed by atoms with Crippen molar-refractivity contribution in [3.05, 3.63) is 117 Å². The molecule has 1 amide bonds. The van der Waals surface area contributed by atoms with Crippen LogP contribution in [0.15, 0.2) is 82.3 Å². The first-order chi connectivity index (χ1) is 20.1.